The fourth-order valence-corrected chi connectivity index (χ4v) is 4.72. The molecule has 3 aromatic carbocycles. The summed E-state index contributed by atoms with van der Waals surface area (Å²) in [6.45, 7) is 1.55. The van der Waals surface area contributed by atoms with Gasteiger partial charge in [-0.2, -0.15) is 0 Å². The molecule has 1 N–H and O–H groups in total. The van der Waals surface area contributed by atoms with Gasteiger partial charge in [0.2, 0.25) is 5.89 Å². The van der Waals surface area contributed by atoms with Crippen LogP contribution >= 0.6 is 23.2 Å². The molecule has 0 radical (unpaired) electrons. The normalized spacial score (nSPS) is 13.7. The first-order valence-corrected chi connectivity index (χ1v) is 11.9. The minimum Gasteiger partial charge on any atom is -0.435 e. The summed E-state index contributed by atoms with van der Waals surface area (Å²) in [6.07, 6.45) is 3.12. The van der Waals surface area contributed by atoms with Crippen molar-refractivity contribution in [1.82, 2.24) is 4.98 Å². The lowest BCUT2D eigenvalue weighted by Gasteiger charge is -2.28. The lowest BCUT2D eigenvalue weighted by Crippen LogP contribution is -2.30. The molecule has 0 atom stereocenters. The topological polar surface area (TPSA) is 102 Å². The molecule has 0 bridgehead atoms. The van der Waals surface area contributed by atoms with Gasteiger partial charge in [0.05, 0.1) is 9.95 Å². The Labute approximate surface area is 210 Å². The third-order valence-corrected chi connectivity index (χ3v) is 6.43. The number of aromatic nitrogens is 1. The molecular weight excluding hydrogens is 491 g/mol. The number of fused-ring (bicyclic) bond motifs is 1. The van der Waals surface area contributed by atoms with E-state index in [4.69, 9.17) is 27.6 Å². The first-order chi connectivity index (χ1) is 16.9. The average Bonchev–Trinajstić information content (AvgIpc) is 3.29. The first-order valence-electron chi connectivity index (χ1n) is 11.1. The van der Waals surface area contributed by atoms with Crippen LogP contribution in [0.1, 0.15) is 29.6 Å². The molecule has 0 aliphatic carbocycles. The molecule has 2 heterocycles. The first kappa shape index (κ1) is 23.1. The van der Waals surface area contributed by atoms with Crippen molar-refractivity contribution >= 4 is 57.3 Å². The lowest BCUT2D eigenvalue weighted by atomic mass is 10.1. The van der Waals surface area contributed by atoms with E-state index in [1.165, 1.54) is 6.07 Å². The summed E-state index contributed by atoms with van der Waals surface area (Å²) in [6, 6.07) is 14.8. The Hall–Kier alpha value is -3.62. The molecule has 5 rings (SSSR count). The largest absolute Gasteiger partial charge is 0.435 e. The minimum absolute atomic E-state index is 0.0652. The van der Waals surface area contributed by atoms with E-state index in [1.54, 1.807) is 48.5 Å². The summed E-state index contributed by atoms with van der Waals surface area (Å²) >= 11 is 12.2. The van der Waals surface area contributed by atoms with Crippen molar-refractivity contribution in [1.29, 1.82) is 0 Å². The number of anilines is 2. The molecule has 0 saturated carbocycles. The number of nitro benzene ring substituents is 1. The number of oxazole rings is 1. The highest BCUT2D eigenvalue weighted by molar-refractivity contribution is 6.38. The van der Waals surface area contributed by atoms with Crippen molar-refractivity contribution in [3.05, 3.63) is 80.3 Å². The predicted octanol–water partition coefficient (Wildman–Crippen LogP) is 6.95. The molecule has 1 aromatic heterocycles. The van der Waals surface area contributed by atoms with Crippen LogP contribution in [0.25, 0.3) is 22.6 Å². The van der Waals surface area contributed by atoms with E-state index in [2.05, 4.69) is 10.3 Å². The smallest absolute Gasteiger partial charge is 0.293 e. The molecule has 1 fully saturated rings. The standard InChI is InChI=1S/C25H20Cl2N4O4/c26-17-13-19(27)23-20(14-17)29-25(35-23)15-4-7-18(8-5-15)28-24(32)16-6-9-21(22(12-16)31(33)34)30-10-2-1-3-11-30/h4-9,12-14H,1-3,10-11H2,(H,28,32). The fourth-order valence-electron chi connectivity index (χ4n) is 4.20. The molecule has 10 heteroatoms. The van der Waals surface area contributed by atoms with Crippen LogP contribution in [0.5, 0.6) is 0 Å². The van der Waals surface area contributed by atoms with Crippen LogP contribution in [0.2, 0.25) is 10.0 Å². The number of nitro groups is 1. The maximum Gasteiger partial charge on any atom is 0.293 e. The van der Waals surface area contributed by atoms with Crippen LogP contribution in [-0.2, 0) is 0 Å². The van der Waals surface area contributed by atoms with E-state index in [0.717, 1.165) is 32.4 Å². The quantitative estimate of drug-likeness (QED) is 0.230. The fraction of sp³-hybridized carbons (Fsp3) is 0.200. The second-order valence-electron chi connectivity index (χ2n) is 8.29. The third kappa shape index (κ3) is 4.80. The number of nitrogens with zero attached hydrogens (tertiary/aromatic N) is 3. The molecule has 1 saturated heterocycles. The van der Waals surface area contributed by atoms with Crippen molar-refractivity contribution in [3.63, 3.8) is 0 Å². The zero-order valence-electron chi connectivity index (χ0n) is 18.5. The van der Waals surface area contributed by atoms with E-state index < -0.39 is 10.8 Å². The van der Waals surface area contributed by atoms with Gasteiger partial charge in [-0.3, -0.25) is 14.9 Å². The number of hydrogen-bond acceptors (Lipinski definition) is 6. The summed E-state index contributed by atoms with van der Waals surface area (Å²) in [5.74, 6) is -0.0692. The van der Waals surface area contributed by atoms with Gasteiger partial charge in [-0.15, -0.1) is 0 Å². The Morgan fingerprint density at radius 1 is 1.03 bits per heavy atom. The average molecular weight is 511 g/mol. The number of amides is 1. The molecule has 1 aliphatic rings. The molecule has 0 unspecified atom stereocenters. The second-order valence-corrected chi connectivity index (χ2v) is 9.14. The number of nitrogens with one attached hydrogen (secondary N) is 1. The van der Waals surface area contributed by atoms with Gasteiger partial charge in [0.1, 0.15) is 11.2 Å². The zero-order valence-corrected chi connectivity index (χ0v) is 20.0. The Morgan fingerprint density at radius 3 is 2.49 bits per heavy atom. The third-order valence-electron chi connectivity index (χ3n) is 5.93. The molecule has 0 spiro atoms. The van der Waals surface area contributed by atoms with Crippen molar-refractivity contribution in [2.75, 3.05) is 23.3 Å². The summed E-state index contributed by atoms with van der Waals surface area (Å²) in [5.41, 5.74) is 2.90. The van der Waals surface area contributed by atoms with E-state index in [-0.39, 0.29) is 11.3 Å². The number of benzene rings is 3. The van der Waals surface area contributed by atoms with Crippen LogP contribution < -0.4 is 10.2 Å². The highest BCUT2D eigenvalue weighted by Crippen LogP contribution is 2.33. The SMILES string of the molecule is O=C(Nc1ccc(-c2nc3cc(Cl)cc(Cl)c3o2)cc1)c1ccc(N2CCCCC2)c([N+](=O)[O-])c1. The molecule has 4 aromatic rings. The summed E-state index contributed by atoms with van der Waals surface area (Å²) in [7, 11) is 0. The monoisotopic (exact) mass is 510 g/mol. The van der Waals surface area contributed by atoms with Crippen LogP contribution in [0.4, 0.5) is 17.1 Å². The van der Waals surface area contributed by atoms with Gasteiger partial charge in [-0.05, 0) is 67.8 Å². The number of halogens is 2. The van der Waals surface area contributed by atoms with Crippen molar-refractivity contribution in [2.24, 2.45) is 0 Å². The van der Waals surface area contributed by atoms with E-state index in [1.807, 2.05) is 4.90 Å². The van der Waals surface area contributed by atoms with Gasteiger partial charge < -0.3 is 14.6 Å². The Morgan fingerprint density at radius 2 is 1.77 bits per heavy atom. The summed E-state index contributed by atoms with van der Waals surface area (Å²) in [5, 5.41) is 15.3. The number of carbonyl (C=O) groups is 1. The van der Waals surface area contributed by atoms with E-state index in [0.29, 0.717) is 44.0 Å². The lowest BCUT2D eigenvalue weighted by molar-refractivity contribution is -0.384. The van der Waals surface area contributed by atoms with Gasteiger partial charge >= 0.3 is 0 Å². The maximum atomic E-state index is 12.8. The van der Waals surface area contributed by atoms with Gasteiger partial charge in [-0.25, -0.2) is 4.98 Å². The second kappa shape index (κ2) is 9.56. The highest BCUT2D eigenvalue weighted by atomic mass is 35.5. The molecule has 1 amide bonds. The van der Waals surface area contributed by atoms with Crippen LogP contribution in [0.3, 0.4) is 0 Å². The number of hydrogen-bond donors (Lipinski definition) is 1. The van der Waals surface area contributed by atoms with E-state index in [9.17, 15) is 14.9 Å². The minimum atomic E-state index is -0.436. The number of piperidine rings is 1. The van der Waals surface area contributed by atoms with Gasteiger partial charge in [0.15, 0.2) is 5.58 Å². The number of rotatable bonds is 5. The Balaban J connectivity index is 1.34. The Kier molecular flexibility index (Phi) is 6.32. The summed E-state index contributed by atoms with van der Waals surface area (Å²) < 4.78 is 5.77. The van der Waals surface area contributed by atoms with Crippen molar-refractivity contribution in [2.45, 2.75) is 19.3 Å². The van der Waals surface area contributed by atoms with Crippen LogP contribution in [0, 0.1) is 10.1 Å². The Bertz CT molecular complexity index is 1430. The maximum absolute atomic E-state index is 12.8. The van der Waals surface area contributed by atoms with Gasteiger partial charge in [0.25, 0.3) is 11.6 Å². The van der Waals surface area contributed by atoms with E-state index >= 15 is 0 Å². The van der Waals surface area contributed by atoms with Gasteiger partial charge in [-0.1, -0.05) is 23.2 Å². The van der Waals surface area contributed by atoms with Gasteiger partial charge in [0, 0.05) is 41.0 Å². The molecular formula is C25H20Cl2N4O4. The predicted molar refractivity (Wildman–Crippen MR) is 137 cm³/mol. The summed E-state index contributed by atoms with van der Waals surface area (Å²) in [4.78, 5) is 30.5. The van der Waals surface area contributed by atoms with Crippen molar-refractivity contribution < 1.29 is 14.1 Å². The molecule has 178 valence electrons. The number of carbonyl (C=O) groups excluding carboxylic acids is 1. The van der Waals surface area contributed by atoms with Crippen LogP contribution in [0.15, 0.2) is 59.0 Å². The molecule has 8 nitrogen and oxygen atoms in total. The highest BCUT2D eigenvalue weighted by Gasteiger charge is 2.23. The molecule has 35 heavy (non-hydrogen) atoms. The zero-order chi connectivity index (χ0) is 24.5. The van der Waals surface area contributed by atoms with Crippen LogP contribution in [-0.4, -0.2) is 28.9 Å². The molecule has 1 aliphatic heterocycles. The van der Waals surface area contributed by atoms with Crippen molar-refractivity contribution in [3.8, 4) is 11.5 Å².